The quantitative estimate of drug-likeness (QED) is 0.178. The van der Waals surface area contributed by atoms with Crippen molar-refractivity contribution in [3.63, 3.8) is 0 Å². The Labute approximate surface area is 176 Å². The number of aliphatic hydroxyl groups is 2. The van der Waals surface area contributed by atoms with E-state index in [2.05, 4.69) is 28.1 Å². The number of fused-ring (bicyclic) bond motifs is 2. The summed E-state index contributed by atoms with van der Waals surface area (Å²) in [4.78, 5) is 47.4. The van der Waals surface area contributed by atoms with Gasteiger partial charge in [0.1, 0.15) is 23.8 Å². The maximum atomic E-state index is 11.9. The minimum Gasteiger partial charge on any atom is -0.385 e. The first kappa shape index (κ1) is 23.6. The van der Waals surface area contributed by atoms with Crippen LogP contribution in [-0.2, 0) is 31.6 Å². The van der Waals surface area contributed by atoms with E-state index in [4.69, 9.17) is 26.0 Å². The van der Waals surface area contributed by atoms with E-state index in [-0.39, 0.29) is 22.9 Å². The summed E-state index contributed by atoms with van der Waals surface area (Å²) in [5.74, 6) is -0.271. The van der Waals surface area contributed by atoms with Crippen molar-refractivity contribution in [1.82, 2.24) is 19.5 Å². The molecular weight excluding hydrogens is 505 g/mol. The SMILES string of the molecule is Nc1nc(N)c2ncn([C@@H]3O[C@@H]4C(OP(=O)(O)OP(=O)(O)OP(=O)(O)O)[C@]4(O)[C@H]3O)c2n1. The fourth-order valence-corrected chi connectivity index (χ4v) is 6.47. The number of nitrogens with two attached hydrogens (primary N) is 2. The number of hydrogen-bond donors (Lipinski definition) is 8. The number of ether oxygens (including phenoxy) is 1. The fraction of sp³-hybridized carbons (Fsp3) is 0.500. The summed E-state index contributed by atoms with van der Waals surface area (Å²) in [5.41, 5.74) is 9.11. The predicted octanol–water partition coefficient (Wildman–Crippen LogP) is -2.29. The molecule has 1 saturated carbocycles. The molecule has 2 aliphatic rings. The molecule has 2 aromatic heterocycles. The topological polar surface area (TPSA) is 305 Å². The molecule has 0 amide bonds. The Morgan fingerprint density at radius 1 is 1.09 bits per heavy atom. The highest BCUT2D eigenvalue weighted by atomic mass is 31.3. The number of imidazole rings is 1. The van der Waals surface area contributed by atoms with Crippen molar-refractivity contribution in [3.8, 4) is 0 Å². The second-order valence-electron chi connectivity index (χ2n) is 6.69. The van der Waals surface area contributed by atoms with Crippen LogP contribution in [0.5, 0.6) is 0 Å². The molecule has 0 radical (unpaired) electrons. The molecule has 1 aliphatic carbocycles. The van der Waals surface area contributed by atoms with Crippen molar-refractivity contribution in [1.29, 1.82) is 0 Å². The van der Waals surface area contributed by atoms with E-state index in [1.807, 2.05) is 0 Å². The van der Waals surface area contributed by atoms with Gasteiger partial charge in [0.25, 0.3) is 0 Å². The summed E-state index contributed by atoms with van der Waals surface area (Å²) in [6.45, 7) is 0. The summed E-state index contributed by atoms with van der Waals surface area (Å²) in [6, 6.07) is 0. The fourth-order valence-electron chi connectivity index (χ4n) is 3.24. The molecule has 4 rings (SSSR count). The number of nitrogen functional groups attached to an aromatic ring is 2. The Hall–Kier alpha value is -1.56. The molecule has 3 heterocycles. The third-order valence-corrected chi connectivity index (χ3v) is 8.33. The second kappa shape index (κ2) is 7.22. The van der Waals surface area contributed by atoms with Crippen LogP contribution in [0.15, 0.2) is 6.33 Å². The number of phosphoric ester groups is 1. The standard InChI is InChI=1S/C10H15N6O13P3/c11-6-2-7(15-9(12)14-6)16(1-13-2)8-3(17)10(18)4(26-8)5(10)27-31(22,23)29-32(24,25)28-30(19,20)21/h1,3-5,8,17-18H,(H,22,23)(H,24,25)(H2,19,20,21)(H4,11,12,14,15)/t3-,4+,5?,8+,10-/m0/s1. The molecule has 22 heteroatoms. The van der Waals surface area contributed by atoms with Crippen molar-refractivity contribution >= 4 is 46.4 Å². The van der Waals surface area contributed by atoms with Gasteiger partial charge in [-0.15, -0.1) is 0 Å². The van der Waals surface area contributed by atoms with Crippen LogP contribution in [0.3, 0.4) is 0 Å². The van der Waals surface area contributed by atoms with Crippen molar-refractivity contribution in [2.75, 3.05) is 11.5 Å². The zero-order valence-corrected chi connectivity index (χ0v) is 17.9. The summed E-state index contributed by atoms with van der Waals surface area (Å²) in [5, 5.41) is 21.1. The Morgan fingerprint density at radius 3 is 2.31 bits per heavy atom. The summed E-state index contributed by atoms with van der Waals surface area (Å²) >= 11 is 0. The molecule has 178 valence electrons. The predicted molar refractivity (Wildman–Crippen MR) is 97.8 cm³/mol. The van der Waals surface area contributed by atoms with E-state index in [0.29, 0.717) is 0 Å². The third-order valence-electron chi connectivity index (χ3n) is 4.51. The van der Waals surface area contributed by atoms with Gasteiger partial charge in [-0.1, -0.05) is 0 Å². The lowest BCUT2D eigenvalue weighted by Gasteiger charge is -2.24. The monoisotopic (exact) mass is 520 g/mol. The molecule has 3 unspecified atom stereocenters. The highest BCUT2D eigenvalue weighted by molar-refractivity contribution is 7.66. The highest BCUT2D eigenvalue weighted by Crippen LogP contribution is 2.69. The number of rotatable bonds is 7. The third kappa shape index (κ3) is 4.08. The lowest BCUT2D eigenvalue weighted by molar-refractivity contribution is -0.0926. The van der Waals surface area contributed by atoms with Gasteiger partial charge in [0, 0.05) is 0 Å². The zero-order chi connectivity index (χ0) is 23.9. The van der Waals surface area contributed by atoms with Crippen LogP contribution in [-0.4, -0.2) is 73.2 Å². The first-order chi connectivity index (χ1) is 14.5. The summed E-state index contributed by atoms with van der Waals surface area (Å²) < 4.78 is 52.3. The Kier molecular flexibility index (Phi) is 5.32. The Balaban J connectivity index is 1.50. The molecular formula is C10H15N6O13P3. The number of aromatic nitrogens is 4. The van der Waals surface area contributed by atoms with E-state index in [0.717, 1.165) is 6.33 Å². The van der Waals surface area contributed by atoms with Crippen LogP contribution in [0.1, 0.15) is 6.23 Å². The average Bonchev–Trinajstić information content (AvgIpc) is 2.88. The second-order valence-corrected chi connectivity index (χ2v) is 11.1. The number of hydrogen-bond acceptors (Lipinski definition) is 14. The molecule has 19 nitrogen and oxygen atoms in total. The van der Waals surface area contributed by atoms with Crippen LogP contribution >= 0.6 is 23.5 Å². The van der Waals surface area contributed by atoms with Gasteiger partial charge in [0.2, 0.25) is 5.95 Å². The van der Waals surface area contributed by atoms with Crippen LogP contribution in [0, 0.1) is 0 Å². The number of phosphoric acid groups is 3. The van der Waals surface area contributed by atoms with Gasteiger partial charge in [0.05, 0.1) is 6.33 Å². The minimum absolute atomic E-state index is 0.0494. The Bertz CT molecular complexity index is 1230. The minimum atomic E-state index is -5.76. The molecule has 0 bridgehead atoms. The average molecular weight is 520 g/mol. The molecule has 1 aliphatic heterocycles. The maximum Gasteiger partial charge on any atom is 0.490 e. The molecule has 1 saturated heterocycles. The molecule has 32 heavy (non-hydrogen) atoms. The lowest BCUT2D eigenvalue weighted by atomic mass is 10.1. The largest absolute Gasteiger partial charge is 0.490 e. The molecule has 7 atom stereocenters. The number of nitrogens with zero attached hydrogens (tertiary/aromatic N) is 4. The van der Waals surface area contributed by atoms with Gasteiger partial charge in [-0.2, -0.15) is 18.6 Å². The maximum absolute atomic E-state index is 11.9. The zero-order valence-electron chi connectivity index (χ0n) is 15.2. The van der Waals surface area contributed by atoms with Crippen molar-refractivity contribution in [2.24, 2.45) is 0 Å². The number of anilines is 2. The normalized spacial score (nSPS) is 33.6. The van der Waals surface area contributed by atoms with Gasteiger partial charge in [0.15, 0.2) is 23.3 Å². The van der Waals surface area contributed by atoms with Gasteiger partial charge in [-0.05, 0) is 0 Å². The smallest absolute Gasteiger partial charge is 0.385 e. The van der Waals surface area contributed by atoms with Crippen LogP contribution in [0.25, 0.3) is 11.2 Å². The molecule has 10 N–H and O–H groups in total. The van der Waals surface area contributed by atoms with Crippen LogP contribution < -0.4 is 11.5 Å². The van der Waals surface area contributed by atoms with E-state index in [9.17, 15) is 33.7 Å². The van der Waals surface area contributed by atoms with E-state index < -0.39 is 53.6 Å². The highest BCUT2D eigenvalue weighted by Gasteiger charge is 2.79. The molecule has 2 fully saturated rings. The lowest BCUT2D eigenvalue weighted by Crippen LogP contribution is -2.37. The molecule has 2 aromatic rings. The van der Waals surface area contributed by atoms with Crippen LogP contribution in [0.2, 0.25) is 0 Å². The summed E-state index contributed by atoms with van der Waals surface area (Å²) in [6.07, 6.45) is -5.14. The van der Waals surface area contributed by atoms with Gasteiger partial charge < -0.3 is 46.0 Å². The van der Waals surface area contributed by atoms with Crippen molar-refractivity contribution in [2.45, 2.75) is 30.1 Å². The Morgan fingerprint density at radius 2 is 1.75 bits per heavy atom. The van der Waals surface area contributed by atoms with E-state index in [1.54, 1.807) is 0 Å². The first-order valence-electron chi connectivity index (χ1n) is 8.18. The van der Waals surface area contributed by atoms with Gasteiger partial charge in [-0.3, -0.25) is 9.09 Å². The van der Waals surface area contributed by atoms with Gasteiger partial charge >= 0.3 is 23.5 Å². The molecule has 0 aromatic carbocycles. The van der Waals surface area contributed by atoms with Crippen molar-refractivity contribution in [3.05, 3.63) is 6.33 Å². The van der Waals surface area contributed by atoms with E-state index in [1.165, 1.54) is 4.57 Å². The molecule has 0 spiro atoms. The van der Waals surface area contributed by atoms with E-state index >= 15 is 0 Å². The van der Waals surface area contributed by atoms with Gasteiger partial charge in [-0.25, -0.2) is 18.7 Å². The van der Waals surface area contributed by atoms with Crippen LogP contribution in [0.4, 0.5) is 11.8 Å². The summed E-state index contributed by atoms with van der Waals surface area (Å²) in [7, 11) is -16.9. The number of aliphatic hydroxyl groups excluding tert-OH is 1. The first-order valence-corrected chi connectivity index (χ1v) is 12.7. The van der Waals surface area contributed by atoms with Crippen molar-refractivity contribution < 1.29 is 61.4 Å².